The van der Waals surface area contributed by atoms with Crippen molar-refractivity contribution in [2.24, 2.45) is 0 Å². The van der Waals surface area contributed by atoms with Gasteiger partial charge in [-0.3, -0.25) is 4.79 Å². The van der Waals surface area contributed by atoms with E-state index in [9.17, 15) is 13.2 Å². The molecule has 1 N–H and O–H groups in total. The van der Waals surface area contributed by atoms with Gasteiger partial charge in [0.2, 0.25) is 15.9 Å². The number of methoxy groups -OCH3 is 1. The Morgan fingerprint density at radius 2 is 1.96 bits per heavy atom. The fourth-order valence-corrected chi connectivity index (χ4v) is 4.53. The maximum absolute atomic E-state index is 12.8. The first-order valence-corrected chi connectivity index (χ1v) is 9.88. The summed E-state index contributed by atoms with van der Waals surface area (Å²) in [5.41, 5.74) is 2.42. The van der Waals surface area contributed by atoms with Gasteiger partial charge in [-0.25, -0.2) is 13.1 Å². The molecule has 26 heavy (non-hydrogen) atoms. The van der Waals surface area contributed by atoms with Gasteiger partial charge < -0.3 is 9.64 Å². The lowest BCUT2D eigenvalue weighted by molar-refractivity contribution is -0.116. The Balaban J connectivity index is 1.86. The van der Waals surface area contributed by atoms with Crippen LogP contribution < -0.4 is 14.4 Å². The van der Waals surface area contributed by atoms with Crippen molar-refractivity contribution in [1.82, 2.24) is 4.72 Å². The molecule has 1 atom stereocenters. The predicted octanol–water partition coefficient (Wildman–Crippen LogP) is 2.64. The Morgan fingerprint density at radius 3 is 2.65 bits per heavy atom. The number of rotatable bonds is 5. The first kappa shape index (κ1) is 18.4. The van der Waals surface area contributed by atoms with Gasteiger partial charge in [0.15, 0.2) is 0 Å². The largest absolute Gasteiger partial charge is 0.496 e. The minimum absolute atomic E-state index is 0.0396. The summed E-state index contributed by atoms with van der Waals surface area (Å²) in [6.07, 6.45) is 0.653. The van der Waals surface area contributed by atoms with E-state index < -0.39 is 16.1 Å². The van der Waals surface area contributed by atoms with E-state index >= 15 is 0 Å². The van der Waals surface area contributed by atoms with Crippen molar-refractivity contribution in [2.75, 3.05) is 18.6 Å². The smallest absolute Gasteiger partial charge is 0.241 e. The second kappa shape index (κ2) is 7.09. The van der Waals surface area contributed by atoms with Crippen LogP contribution in [-0.2, 0) is 21.2 Å². The van der Waals surface area contributed by atoms with Gasteiger partial charge in [-0.15, -0.1) is 0 Å². The molecule has 0 radical (unpaired) electrons. The standard InChI is InChI=1S/C19H22N2O4S/c1-13(17-6-4-5-7-19(17)25-3)20-26(23,24)16-8-9-18-15(12-16)10-11-21(18)14(2)22/h4-9,12-13,20H,10-11H2,1-3H3/t13-/m1/s1. The molecule has 7 heteroatoms. The number of benzene rings is 2. The summed E-state index contributed by atoms with van der Waals surface area (Å²) in [6, 6.07) is 11.8. The van der Waals surface area contributed by atoms with E-state index in [1.54, 1.807) is 37.1 Å². The summed E-state index contributed by atoms with van der Waals surface area (Å²) >= 11 is 0. The number of nitrogens with zero attached hydrogens (tertiary/aromatic N) is 1. The molecule has 0 saturated heterocycles. The van der Waals surface area contributed by atoms with Gasteiger partial charge in [0.25, 0.3) is 0 Å². The van der Waals surface area contributed by atoms with Crippen LogP contribution in [0.3, 0.4) is 0 Å². The molecule has 1 amide bonds. The molecule has 3 rings (SSSR count). The van der Waals surface area contributed by atoms with Gasteiger partial charge in [0.1, 0.15) is 5.75 Å². The molecular weight excluding hydrogens is 352 g/mol. The number of sulfonamides is 1. The van der Waals surface area contributed by atoms with E-state index in [-0.39, 0.29) is 10.8 Å². The summed E-state index contributed by atoms with van der Waals surface area (Å²) in [4.78, 5) is 13.5. The molecule has 2 aromatic rings. The summed E-state index contributed by atoms with van der Waals surface area (Å²) in [5, 5.41) is 0. The highest BCUT2D eigenvalue weighted by molar-refractivity contribution is 7.89. The maximum Gasteiger partial charge on any atom is 0.241 e. The number of fused-ring (bicyclic) bond motifs is 1. The summed E-state index contributed by atoms with van der Waals surface area (Å²) in [7, 11) is -2.14. The number of nitrogens with one attached hydrogen (secondary N) is 1. The average molecular weight is 374 g/mol. The monoisotopic (exact) mass is 374 g/mol. The quantitative estimate of drug-likeness (QED) is 0.873. The summed E-state index contributed by atoms with van der Waals surface area (Å²) in [6.45, 7) is 3.87. The predicted molar refractivity (Wildman–Crippen MR) is 99.9 cm³/mol. The maximum atomic E-state index is 12.8. The van der Waals surface area contributed by atoms with Gasteiger partial charge in [-0.05, 0) is 43.2 Å². The van der Waals surface area contributed by atoms with E-state index in [1.807, 2.05) is 18.2 Å². The fourth-order valence-electron chi connectivity index (χ4n) is 3.26. The molecule has 138 valence electrons. The van der Waals surface area contributed by atoms with Crippen molar-refractivity contribution in [2.45, 2.75) is 31.2 Å². The molecule has 1 aliphatic rings. The number of para-hydroxylation sites is 1. The highest BCUT2D eigenvalue weighted by atomic mass is 32.2. The molecule has 0 aliphatic carbocycles. The van der Waals surface area contributed by atoms with E-state index in [0.717, 1.165) is 16.8 Å². The SMILES string of the molecule is COc1ccccc1[C@@H](C)NS(=O)(=O)c1ccc2c(c1)CCN2C(C)=O. The van der Waals surface area contributed by atoms with Crippen molar-refractivity contribution in [3.8, 4) is 5.75 Å². The highest BCUT2D eigenvalue weighted by Crippen LogP contribution is 2.31. The molecule has 0 bridgehead atoms. The molecule has 0 unspecified atom stereocenters. The first-order valence-electron chi connectivity index (χ1n) is 8.40. The van der Waals surface area contributed by atoms with Gasteiger partial charge in [0, 0.05) is 30.8 Å². The normalized spacial score (nSPS) is 14.8. The van der Waals surface area contributed by atoms with Crippen LogP contribution in [0.5, 0.6) is 5.75 Å². The molecule has 1 heterocycles. The second-order valence-electron chi connectivity index (χ2n) is 6.30. The van der Waals surface area contributed by atoms with Crippen molar-refractivity contribution in [3.05, 3.63) is 53.6 Å². The molecular formula is C19H22N2O4S. The van der Waals surface area contributed by atoms with Crippen LogP contribution in [0.25, 0.3) is 0 Å². The Bertz CT molecular complexity index is 940. The number of ether oxygens (including phenoxy) is 1. The minimum atomic E-state index is -3.70. The number of carbonyl (C=O) groups is 1. The van der Waals surface area contributed by atoms with Crippen molar-refractivity contribution in [3.63, 3.8) is 0 Å². The van der Waals surface area contributed by atoms with Crippen LogP contribution in [0.1, 0.15) is 31.0 Å². The summed E-state index contributed by atoms with van der Waals surface area (Å²) in [5.74, 6) is 0.594. The van der Waals surface area contributed by atoms with Crippen LogP contribution in [0.15, 0.2) is 47.4 Å². The van der Waals surface area contributed by atoms with Crippen LogP contribution in [0.4, 0.5) is 5.69 Å². The van der Waals surface area contributed by atoms with Crippen LogP contribution in [0.2, 0.25) is 0 Å². The van der Waals surface area contributed by atoms with Crippen molar-refractivity contribution < 1.29 is 17.9 Å². The molecule has 6 nitrogen and oxygen atoms in total. The van der Waals surface area contributed by atoms with E-state index in [0.29, 0.717) is 18.7 Å². The molecule has 1 aliphatic heterocycles. The first-order chi connectivity index (χ1) is 12.3. The van der Waals surface area contributed by atoms with Gasteiger partial charge >= 0.3 is 0 Å². The highest BCUT2D eigenvalue weighted by Gasteiger charge is 2.26. The lowest BCUT2D eigenvalue weighted by Crippen LogP contribution is -2.27. The van der Waals surface area contributed by atoms with Crippen LogP contribution in [-0.4, -0.2) is 28.0 Å². The van der Waals surface area contributed by atoms with E-state index in [4.69, 9.17) is 4.74 Å². The zero-order valence-corrected chi connectivity index (χ0v) is 15.8. The third-order valence-corrected chi connectivity index (χ3v) is 6.11. The molecule has 0 spiro atoms. The van der Waals surface area contributed by atoms with Gasteiger partial charge in [-0.2, -0.15) is 0 Å². The topological polar surface area (TPSA) is 75.7 Å². The third kappa shape index (κ3) is 3.45. The Kier molecular flexibility index (Phi) is 5.02. The third-order valence-electron chi connectivity index (χ3n) is 4.57. The van der Waals surface area contributed by atoms with Crippen molar-refractivity contribution >= 4 is 21.6 Å². The molecule has 0 fully saturated rings. The van der Waals surface area contributed by atoms with Crippen molar-refractivity contribution in [1.29, 1.82) is 0 Å². The van der Waals surface area contributed by atoms with Crippen LogP contribution >= 0.6 is 0 Å². The number of hydrogen-bond donors (Lipinski definition) is 1. The number of anilines is 1. The lowest BCUT2D eigenvalue weighted by Gasteiger charge is -2.18. The minimum Gasteiger partial charge on any atom is -0.496 e. The number of carbonyl (C=O) groups excluding carboxylic acids is 1. The molecule has 2 aromatic carbocycles. The summed E-state index contributed by atoms with van der Waals surface area (Å²) < 4.78 is 33.6. The number of amides is 1. The number of hydrogen-bond acceptors (Lipinski definition) is 4. The molecule has 0 aromatic heterocycles. The van der Waals surface area contributed by atoms with Gasteiger partial charge in [-0.1, -0.05) is 18.2 Å². The Labute approximate surface area is 153 Å². The lowest BCUT2D eigenvalue weighted by atomic mass is 10.1. The van der Waals surface area contributed by atoms with E-state index in [2.05, 4.69) is 4.72 Å². The average Bonchev–Trinajstić information content (AvgIpc) is 3.04. The second-order valence-corrected chi connectivity index (χ2v) is 8.01. The fraction of sp³-hybridized carbons (Fsp3) is 0.316. The van der Waals surface area contributed by atoms with Crippen LogP contribution in [0, 0.1) is 0 Å². The zero-order chi connectivity index (χ0) is 18.9. The van der Waals surface area contributed by atoms with Gasteiger partial charge in [0.05, 0.1) is 12.0 Å². The molecule has 0 saturated carbocycles. The van der Waals surface area contributed by atoms with E-state index in [1.165, 1.54) is 13.0 Å². The Morgan fingerprint density at radius 1 is 1.23 bits per heavy atom. The zero-order valence-electron chi connectivity index (χ0n) is 15.0. The Hall–Kier alpha value is -2.38.